The minimum atomic E-state index is -0.549. The first-order valence-corrected chi connectivity index (χ1v) is 7.24. The zero-order chi connectivity index (χ0) is 16.8. The van der Waals surface area contributed by atoms with Crippen molar-refractivity contribution in [1.29, 1.82) is 5.26 Å². The van der Waals surface area contributed by atoms with Gasteiger partial charge in [-0.05, 0) is 31.5 Å². The first kappa shape index (κ1) is 16.6. The smallest absolute Gasteiger partial charge is 0.377 e. The molecule has 0 aliphatic heterocycles. The minimum absolute atomic E-state index is 0.0505. The minimum Gasteiger partial charge on any atom is -0.463 e. The molecule has 0 aliphatic rings. The fourth-order valence-electron chi connectivity index (χ4n) is 2.05. The summed E-state index contributed by atoms with van der Waals surface area (Å²) in [6, 6.07) is 9.87. The van der Waals surface area contributed by atoms with Crippen LogP contribution in [0.3, 0.4) is 0 Å². The highest BCUT2D eigenvalue weighted by atomic mass is 16.5. The molecule has 0 aliphatic carbocycles. The molecule has 120 valence electrons. The Labute approximate surface area is 135 Å². The summed E-state index contributed by atoms with van der Waals surface area (Å²) in [6.45, 7) is 5.38. The van der Waals surface area contributed by atoms with Crippen molar-refractivity contribution in [2.24, 2.45) is 0 Å². The first-order chi connectivity index (χ1) is 11.0. The number of nitrogens with zero attached hydrogens (tertiary/aromatic N) is 5. The molecule has 0 spiro atoms. The van der Waals surface area contributed by atoms with E-state index in [0.717, 1.165) is 5.56 Å². The van der Waals surface area contributed by atoms with Crippen molar-refractivity contribution >= 4 is 5.97 Å². The second-order valence-corrected chi connectivity index (χ2v) is 5.39. The lowest BCUT2D eigenvalue weighted by molar-refractivity contribution is 0.0585. The predicted octanol–water partition coefficient (Wildman–Crippen LogP) is 1.80. The van der Waals surface area contributed by atoms with E-state index in [2.05, 4.69) is 39.6 Å². The Kier molecular flexibility index (Phi) is 5.44. The van der Waals surface area contributed by atoms with Crippen LogP contribution in [0.5, 0.6) is 0 Å². The van der Waals surface area contributed by atoms with Gasteiger partial charge in [0.1, 0.15) is 6.33 Å². The summed E-state index contributed by atoms with van der Waals surface area (Å²) in [4.78, 5) is 17.5. The van der Waals surface area contributed by atoms with E-state index < -0.39 is 5.97 Å². The standard InChI is InChI=1S/C16H19N5O2/c1-12(2)20(9-14-6-4-13(8-17)5-7-14)11-21-10-18-15(19-21)16(22)23-3/h4-7,10,12H,9,11H2,1-3H3. The van der Waals surface area contributed by atoms with Gasteiger partial charge in [-0.15, -0.1) is 5.10 Å². The van der Waals surface area contributed by atoms with E-state index in [9.17, 15) is 4.79 Å². The molecule has 2 rings (SSSR count). The Hall–Kier alpha value is -2.72. The molecule has 1 heterocycles. The summed E-state index contributed by atoms with van der Waals surface area (Å²) in [5.74, 6) is -0.499. The molecule has 1 aromatic carbocycles. The van der Waals surface area contributed by atoms with Crippen LogP contribution in [0.25, 0.3) is 0 Å². The van der Waals surface area contributed by atoms with Gasteiger partial charge in [-0.3, -0.25) is 4.90 Å². The molecule has 7 nitrogen and oxygen atoms in total. The summed E-state index contributed by atoms with van der Waals surface area (Å²) in [5, 5.41) is 13.0. The molecular formula is C16H19N5O2. The fraction of sp³-hybridized carbons (Fsp3) is 0.375. The average molecular weight is 313 g/mol. The van der Waals surface area contributed by atoms with Crippen LogP contribution >= 0.6 is 0 Å². The highest BCUT2D eigenvalue weighted by Crippen LogP contribution is 2.11. The van der Waals surface area contributed by atoms with Crippen molar-refractivity contribution in [3.63, 3.8) is 0 Å². The first-order valence-electron chi connectivity index (χ1n) is 7.24. The normalized spacial score (nSPS) is 10.8. The van der Waals surface area contributed by atoms with Gasteiger partial charge >= 0.3 is 5.97 Å². The van der Waals surface area contributed by atoms with Crippen molar-refractivity contribution in [1.82, 2.24) is 19.7 Å². The number of ether oxygens (including phenoxy) is 1. The van der Waals surface area contributed by atoms with E-state index in [0.29, 0.717) is 18.8 Å². The van der Waals surface area contributed by atoms with Crippen LogP contribution < -0.4 is 0 Å². The van der Waals surface area contributed by atoms with Gasteiger partial charge in [0.25, 0.3) is 5.82 Å². The van der Waals surface area contributed by atoms with Gasteiger partial charge < -0.3 is 4.74 Å². The summed E-state index contributed by atoms with van der Waals surface area (Å²) in [5.41, 5.74) is 1.75. The molecule has 0 bridgehead atoms. The van der Waals surface area contributed by atoms with E-state index in [-0.39, 0.29) is 11.9 Å². The average Bonchev–Trinajstić information content (AvgIpc) is 3.02. The zero-order valence-electron chi connectivity index (χ0n) is 13.4. The van der Waals surface area contributed by atoms with Crippen molar-refractivity contribution in [3.8, 4) is 6.07 Å². The van der Waals surface area contributed by atoms with E-state index in [1.165, 1.54) is 13.4 Å². The van der Waals surface area contributed by atoms with Gasteiger partial charge in [0.2, 0.25) is 0 Å². The SMILES string of the molecule is COC(=O)c1ncn(CN(Cc2ccc(C#N)cc2)C(C)C)n1. The number of aromatic nitrogens is 3. The summed E-state index contributed by atoms with van der Waals surface area (Å²) >= 11 is 0. The second-order valence-electron chi connectivity index (χ2n) is 5.39. The lowest BCUT2D eigenvalue weighted by Crippen LogP contribution is -2.32. The Balaban J connectivity index is 2.07. The molecule has 0 saturated carbocycles. The summed E-state index contributed by atoms with van der Waals surface area (Å²) in [6.07, 6.45) is 1.51. The number of rotatable bonds is 6. The van der Waals surface area contributed by atoms with Crippen LogP contribution in [0.4, 0.5) is 0 Å². The topological polar surface area (TPSA) is 84.0 Å². The van der Waals surface area contributed by atoms with Crippen LogP contribution in [-0.4, -0.2) is 38.8 Å². The maximum absolute atomic E-state index is 11.4. The number of carbonyl (C=O) groups excluding carboxylic acids is 1. The van der Waals surface area contributed by atoms with Crippen molar-refractivity contribution in [3.05, 3.63) is 47.5 Å². The monoisotopic (exact) mass is 313 g/mol. The van der Waals surface area contributed by atoms with Gasteiger partial charge in [0.15, 0.2) is 0 Å². The largest absolute Gasteiger partial charge is 0.463 e. The molecule has 7 heteroatoms. The van der Waals surface area contributed by atoms with Gasteiger partial charge in [-0.2, -0.15) is 5.26 Å². The van der Waals surface area contributed by atoms with Crippen molar-refractivity contribution in [2.45, 2.75) is 33.1 Å². The van der Waals surface area contributed by atoms with E-state index in [1.807, 2.05) is 12.1 Å². The number of esters is 1. The number of nitriles is 1. The molecule has 2 aromatic rings. The fourth-order valence-corrected chi connectivity index (χ4v) is 2.05. The van der Waals surface area contributed by atoms with E-state index in [4.69, 9.17) is 5.26 Å². The molecule has 23 heavy (non-hydrogen) atoms. The van der Waals surface area contributed by atoms with Crippen LogP contribution in [-0.2, 0) is 18.0 Å². The Morgan fingerprint density at radius 2 is 2.09 bits per heavy atom. The maximum Gasteiger partial charge on any atom is 0.377 e. The molecule has 0 amide bonds. The number of hydrogen-bond donors (Lipinski definition) is 0. The van der Waals surface area contributed by atoms with Crippen molar-refractivity contribution in [2.75, 3.05) is 7.11 Å². The zero-order valence-corrected chi connectivity index (χ0v) is 13.4. The highest BCUT2D eigenvalue weighted by molar-refractivity contribution is 5.84. The predicted molar refractivity (Wildman–Crippen MR) is 83.2 cm³/mol. The summed E-state index contributed by atoms with van der Waals surface area (Å²) in [7, 11) is 1.30. The molecule has 0 radical (unpaired) electrons. The van der Waals surface area contributed by atoms with Crippen LogP contribution in [0, 0.1) is 11.3 Å². The Morgan fingerprint density at radius 3 is 2.65 bits per heavy atom. The molecule has 0 atom stereocenters. The highest BCUT2D eigenvalue weighted by Gasteiger charge is 2.15. The van der Waals surface area contributed by atoms with Gasteiger partial charge in [0, 0.05) is 12.6 Å². The molecule has 0 fully saturated rings. The lowest BCUT2D eigenvalue weighted by Gasteiger charge is -2.26. The number of methoxy groups -OCH3 is 1. The van der Waals surface area contributed by atoms with E-state index in [1.54, 1.807) is 16.8 Å². The van der Waals surface area contributed by atoms with E-state index >= 15 is 0 Å². The number of hydrogen-bond acceptors (Lipinski definition) is 6. The second kappa shape index (κ2) is 7.51. The molecule has 0 saturated heterocycles. The van der Waals surface area contributed by atoms with Gasteiger partial charge in [-0.1, -0.05) is 12.1 Å². The summed E-state index contributed by atoms with van der Waals surface area (Å²) < 4.78 is 6.21. The Bertz CT molecular complexity index is 700. The third-order valence-corrected chi connectivity index (χ3v) is 3.43. The van der Waals surface area contributed by atoms with Crippen LogP contribution in [0.15, 0.2) is 30.6 Å². The third kappa shape index (κ3) is 4.37. The number of benzene rings is 1. The Morgan fingerprint density at radius 1 is 1.39 bits per heavy atom. The quantitative estimate of drug-likeness (QED) is 0.756. The molecule has 0 N–H and O–H groups in total. The number of carbonyl (C=O) groups is 1. The molecular weight excluding hydrogens is 294 g/mol. The van der Waals surface area contributed by atoms with Gasteiger partial charge in [-0.25, -0.2) is 14.5 Å². The van der Waals surface area contributed by atoms with Gasteiger partial charge in [0.05, 0.1) is 25.4 Å². The third-order valence-electron chi connectivity index (χ3n) is 3.43. The van der Waals surface area contributed by atoms with Crippen LogP contribution in [0.2, 0.25) is 0 Å². The maximum atomic E-state index is 11.4. The molecule has 0 unspecified atom stereocenters. The van der Waals surface area contributed by atoms with Crippen molar-refractivity contribution < 1.29 is 9.53 Å². The lowest BCUT2D eigenvalue weighted by atomic mass is 10.1. The van der Waals surface area contributed by atoms with Crippen LogP contribution in [0.1, 0.15) is 35.6 Å². The molecule has 1 aromatic heterocycles.